The van der Waals surface area contributed by atoms with Crippen molar-refractivity contribution in [1.82, 2.24) is 0 Å². The number of carbonyl (C=O) groups is 6. The van der Waals surface area contributed by atoms with Crippen LogP contribution in [0.25, 0.3) is 0 Å². The number of ether oxygens (including phenoxy) is 2. The van der Waals surface area contributed by atoms with Gasteiger partial charge in [0, 0.05) is 64.3 Å². The van der Waals surface area contributed by atoms with Gasteiger partial charge in [-0.25, -0.2) is 4.79 Å². The van der Waals surface area contributed by atoms with Gasteiger partial charge in [0.2, 0.25) is 0 Å². The van der Waals surface area contributed by atoms with Crippen LogP contribution in [-0.4, -0.2) is 93.0 Å². The molecule has 0 amide bonds. The molecule has 0 saturated heterocycles. The number of carbonyl (C=O) groups excluding carboxylic acids is 1. The number of benzene rings is 3. The summed E-state index contributed by atoms with van der Waals surface area (Å²) in [5, 5.41) is 85.9. The third-order valence-electron chi connectivity index (χ3n) is 4.86. The van der Waals surface area contributed by atoms with Gasteiger partial charge in [0.05, 0.1) is 5.56 Å². The molecule has 4 rings (SSSR count). The second-order valence-electron chi connectivity index (χ2n) is 9.52. The summed E-state index contributed by atoms with van der Waals surface area (Å²) >= 11 is 0. The number of aromatic hydroxyl groups is 5. The van der Waals surface area contributed by atoms with Gasteiger partial charge in [0.1, 0.15) is 29.1 Å². The van der Waals surface area contributed by atoms with Gasteiger partial charge in [-0.1, -0.05) is 6.07 Å². The summed E-state index contributed by atoms with van der Waals surface area (Å²) in [6, 6.07) is 12.1. The second-order valence-corrected chi connectivity index (χ2v) is 9.52. The van der Waals surface area contributed by atoms with Crippen LogP contribution in [-0.2, 0) is 35.1 Å². The van der Waals surface area contributed by atoms with Crippen molar-refractivity contribution in [3.05, 3.63) is 71.3 Å². The fraction of sp³-hybridized carbons (Fsp3) is 0.250. The summed E-state index contributed by atoms with van der Waals surface area (Å²) in [5.74, 6) is -5.71. The van der Waals surface area contributed by atoms with E-state index in [1.807, 2.05) is 0 Å². The van der Waals surface area contributed by atoms with E-state index >= 15 is 0 Å². The first-order valence-corrected chi connectivity index (χ1v) is 13.7. The first kappa shape index (κ1) is 45.4. The molecule has 1 aliphatic rings. The van der Waals surface area contributed by atoms with Crippen LogP contribution >= 0.6 is 0 Å². The number of carboxylic acid groups (broad SMARTS) is 5. The lowest BCUT2D eigenvalue weighted by Gasteiger charge is -2.34. The maximum atomic E-state index is 12.6. The summed E-state index contributed by atoms with van der Waals surface area (Å²) in [5.41, 5.74) is 0.985. The Balaban J connectivity index is 0. The molecule has 50 heavy (non-hydrogen) atoms. The van der Waals surface area contributed by atoms with Gasteiger partial charge >= 0.3 is 5.97 Å². The lowest BCUT2D eigenvalue weighted by atomic mass is 9.93. The SMILES string of the molecule is CC(=O)O.CC(=O)O.CC(=O)O.CC(=O)O.CC(=O)O.O=C(OC1Cc2c(O)cc(O)cc2OC1c1ccc(O)c(O)c1)c1ccc(O)cc1. The van der Waals surface area contributed by atoms with Gasteiger partial charge in [0.25, 0.3) is 29.8 Å². The number of phenolic OH excluding ortho intramolecular Hbond substituents is 5. The van der Waals surface area contributed by atoms with E-state index < -0.39 is 48.0 Å². The number of hydrogen-bond donors (Lipinski definition) is 10. The van der Waals surface area contributed by atoms with Gasteiger partial charge in [-0.15, -0.1) is 0 Å². The summed E-state index contributed by atoms with van der Waals surface area (Å²) < 4.78 is 11.5. The number of phenols is 5. The van der Waals surface area contributed by atoms with E-state index in [0.29, 0.717) is 11.1 Å². The number of rotatable bonds is 3. The van der Waals surface area contributed by atoms with Crippen molar-refractivity contribution in [3.63, 3.8) is 0 Å². The predicted molar refractivity (Wildman–Crippen MR) is 170 cm³/mol. The predicted octanol–water partition coefficient (Wildman–Crippen LogP) is 3.57. The summed E-state index contributed by atoms with van der Waals surface area (Å²) in [6.07, 6.45) is -1.69. The average Bonchev–Trinajstić information content (AvgIpc) is 2.93. The van der Waals surface area contributed by atoms with Crippen molar-refractivity contribution in [2.75, 3.05) is 0 Å². The Labute approximate surface area is 284 Å². The van der Waals surface area contributed by atoms with Gasteiger partial charge < -0.3 is 60.5 Å². The minimum Gasteiger partial charge on any atom is -0.508 e. The lowest BCUT2D eigenvalue weighted by Crippen LogP contribution is -2.34. The maximum Gasteiger partial charge on any atom is 0.338 e. The second kappa shape index (κ2) is 22.7. The van der Waals surface area contributed by atoms with E-state index in [-0.39, 0.29) is 46.5 Å². The summed E-state index contributed by atoms with van der Waals surface area (Å²) in [6.45, 7) is 5.42. The van der Waals surface area contributed by atoms with Crippen LogP contribution in [0.15, 0.2) is 54.6 Å². The normalized spacial score (nSPS) is 13.1. The number of hydrogen-bond acceptors (Lipinski definition) is 13. The zero-order chi connectivity index (χ0) is 39.3. The van der Waals surface area contributed by atoms with Crippen LogP contribution in [0.2, 0.25) is 0 Å². The van der Waals surface area contributed by atoms with Gasteiger partial charge in [-0.05, 0) is 36.4 Å². The Morgan fingerprint density at radius 1 is 0.580 bits per heavy atom. The van der Waals surface area contributed by atoms with E-state index in [2.05, 4.69) is 0 Å². The van der Waals surface area contributed by atoms with Crippen LogP contribution in [0.5, 0.6) is 34.5 Å². The van der Waals surface area contributed by atoms with Crippen molar-refractivity contribution in [2.24, 2.45) is 0 Å². The molecular formula is C32H38O18. The van der Waals surface area contributed by atoms with Crippen LogP contribution in [0, 0.1) is 0 Å². The molecule has 0 bridgehead atoms. The largest absolute Gasteiger partial charge is 0.508 e. The van der Waals surface area contributed by atoms with Crippen molar-refractivity contribution < 1.29 is 89.3 Å². The molecule has 0 saturated carbocycles. The van der Waals surface area contributed by atoms with Crippen molar-refractivity contribution in [3.8, 4) is 34.5 Å². The number of aliphatic carboxylic acids is 5. The number of fused-ring (bicyclic) bond motifs is 1. The van der Waals surface area contributed by atoms with Gasteiger partial charge in [-0.3, -0.25) is 24.0 Å². The third kappa shape index (κ3) is 21.1. The van der Waals surface area contributed by atoms with E-state index in [0.717, 1.165) is 40.7 Å². The third-order valence-corrected chi connectivity index (χ3v) is 4.86. The maximum absolute atomic E-state index is 12.6. The smallest absolute Gasteiger partial charge is 0.338 e. The Kier molecular flexibility index (Phi) is 20.7. The van der Waals surface area contributed by atoms with Crippen LogP contribution in [0.3, 0.4) is 0 Å². The molecule has 0 radical (unpaired) electrons. The van der Waals surface area contributed by atoms with Crippen molar-refractivity contribution >= 4 is 35.8 Å². The molecule has 274 valence electrons. The highest BCUT2D eigenvalue weighted by molar-refractivity contribution is 5.89. The Hall–Kier alpha value is -6.72. The standard InChI is InChI=1S/C22H18O8.5C2H4O2/c23-13-4-1-11(2-5-13)22(28)30-20-10-15-17(26)8-14(24)9-19(15)29-21(20)12-3-6-16(25)18(27)7-12;5*1-2(3)4/h1-9,20-21,23-27H,10H2;5*1H3,(H,3,4). The molecule has 0 spiro atoms. The van der Waals surface area contributed by atoms with Crippen molar-refractivity contribution in [1.29, 1.82) is 0 Å². The minimum absolute atomic E-state index is 0.00338. The molecule has 18 heteroatoms. The highest BCUT2D eigenvalue weighted by Gasteiger charge is 2.36. The fourth-order valence-corrected chi connectivity index (χ4v) is 3.35. The monoisotopic (exact) mass is 710 g/mol. The summed E-state index contributed by atoms with van der Waals surface area (Å²) in [4.78, 5) is 57.6. The highest BCUT2D eigenvalue weighted by Crippen LogP contribution is 2.44. The Morgan fingerprint density at radius 3 is 1.44 bits per heavy atom. The van der Waals surface area contributed by atoms with E-state index in [9.17, 15) is 30.3 Å². The van der Waals surface area contributed by atoms with Crippen LogP contribution < -0.4 is 4.74 Å². The minimum atomic E-state index is -0.891. The lowest BCUT2D eigenvalue weighted by molar-refractivity contribution is -0.135. The average molecular weight is 711 g/mol. The van der Waals surface area contributed by atoms with E-state index in [4.69, 9.17) is 59.0 Å². The molecule has 1 heterocycles. The highest BCUT2D eigenvalue weighted by atomic mass is 16.6. The summed E-state index contributed by atoms with van der Waals surface area (Å²) in [7, 11) is 0. The van der Waals surface area contributed by atoms with Crippen molar-refractivity contribution in [2.45, 2.75) is 53.2 Å². The first-order valence-electron chi connectivity index (χ1n) is 13.7. The van der Waals surface area contributed by atoms with Crippen LogP contribution in [0.1, 0.15) is 62.2 Å². The number of carboxylic acids is 5. The molecule has 3 aromatic rings. The first-order chi connectivity index (χ1) is 23.0. The van der Waals surface area contributed by atoms with E-state index in [1.54, 1.807) is 0 Å². The molecule has 0 aromatic heterocycles. The quantitative estimate of drug-likeness (QED) is 0.137. The molecule has 2 atom stereocenters. The topological polar surface area (TPSA) is 323 Å². The Morgan fingerprint density at radius 2 is 1.02 bits per heavy atom. The molecule has 1 aliphatic heterocycles. The molecule has 2 unspecified atom stereocenters. The van der Waals surface area contributed by atoms with Crippen LogP contribution in [0.4, 0.5) is 0 Å². The molecular weight excluding hydrogens is 672 g/mol. The molecule has 10 N–H and O–H groups in total. The van der Waals surface area contributed by atoms with E-state index in [1.165, 1.54) is 48.5 Å². The molecule has 0 aliphatic carbocycles. The molecule has 18 nitrogen and oxygen atoms in total. The Bertz CT molecular complexity index is 1510. The zero-order valence-electron chi connectivity index (χ0n) is 27.3. The van der Waals surface area contributed by atoms with Gasteiger partial charge in [0.15, 0.2) is 17.6 Å². The molecule has 0 fully saturated rings. The molecule has 3 aromatic carbocycles. The number of esters is 1. The fourth-order valence-electron chi connectivity index (χ4n) is 3.35. The van der Waals surface area contributed by atoms with Gasteiger partial charge in [-0.2, -0.15) is 0 Å². The zero-order valence-corrected chi connectivity index (χ0v) is 27.3.